The Morgan fingerprint density at radius 2 is 1.94 bits per heavy atom. The van der Waals surface area contributed by atoms with Gasteiger partial charge in [0.2, 0.25) is 0 Å². The van der Waals surface area contributed by atoms with Crippen LogP contribution in [-0.4, -0.2) is 43.3 Å². The summed E-state index contributed by atoms with van der Waals surface area (Å²) in [7, 11) is 1.34. The molecule has 31 heavy (non-hydrogen) atoms. The van der Waals surface area contributed by atoms with Gasteiger partial charge in [-0.25, -0.2) is 9.59 Å². The van der Waals surface area contributed by atoms with Crippen molar-refractivity contribution < 1.29 is 38.1 Å². The maximum absolute atomic E-state index is 12.4. The first-order valence-electron chi connectivity index (χ1n) is 9.11. The number of benzene rings is 1. The molecule has 0 aliphatic rings. The number of carbonyl (C=O) groups is 3. The van der Waals surface area contributed by atoms with E-state index in [2.05, 4.69) is 5.32 Å². The van der Waals surface area contributed by atoms with Crippen LogP contribution in [0.2, 0.25) is 0 Å². The van der Waals surface area contributed by atoms with E-state index < -0.39 is 24.5 Å². The minimum atomic E-state index is -0.903. The van der Waals surface area contributed by atoms with Crippen LogP contribution in [-0.2, 0) is 14.3 Å². The third-order valence-corrected chi connectivity index (χ3v) is 4.98. The van der Waals surface area contributed by atoms with Crippen molar-refractivity contribution >= 4 is 34.2 Å². The van der Waals surface area contributed by atoms with Crippen LogP contribution < -0.4 is 10.1 Å². The van der Waals surface area contributed by atoms with Crippen molar-refractivity contribution in [3.8, 4) is 22.8 Å². The van der Waals surface area contributed by atoms with Gasteiger partial charge in [-0.3, -0.25) is 4.79 Å². The van der Waals surface area contributed by atoms with Crippen molar-refractivity contribution in [2.45, 2.75) is 6.92 Å². The Kier molecular flexibility index (Phi) is 6.93. The number of amides is 1. The molecule has 9 nitrogen and oxygen atoms in total. The van der Waals surface area contributed by atoms with Crippen LogP contribution in [0.15, 0.2) is 46.4 Å². The molecule has 0 radical (unpaired) electrons. The molecular formula is C21H19NO8S. The monoisotopic (exact) mass is 445 g/mol. The maximum Gasteiger partial charge on any atom is 0.342 e. The predicted octanol–water partition coefficient (Wildman–Crippen LogP) is 3.69. The molecule has 2 heterocycles. The Hall–Kier alpha value is -3.79. The highest BCUT2D eigenvalue weighted by Crippen LogP contribution is 2.36. The van der Waals surface area contributed by atoms with Crippen molar-refractivity contribution in [1.82, 2.24) is 0 Å². The second-order valence-electron chi connectivity index (χ2n) is 6.03. The number of rotatable bonds is 8. The Bertz CT molecular complexity index is 1090. The number of nitrogens with one attached hydrogen (secondary N) is 1. The lowest BCUT2D eigenvalue weighted by Gasteiger charge is -2.10. The molecule has 1 amide bonds. The van der Waals surface area contributed by atoms with Crippen molar-refractivity contribution in [2.75, 3.05) is 25.6 Å². The molecule has 2 aromatic heterocycles. The summed E-state index contributed by atoms with van der Waals surface area (Å²) in [6, 6.07) is 7.67. The number of esters is 2. The molecule has 3 aromatic rings. The number of phenolic OH excluding ortho intramolecular Hbond substituents is 1. The van der Waals surface area contributed by atoms with Gasteiger partial charge < -0.3 is 29.1 Å². The van der Waals surface area contributed by atoms with Crippen molar-refractivity contribution in [1.29, 1.82) is 0 Å². The zero-order valence-corrected chi connectivity index (χ0v) is 17.5. The van der Waals surface area contributed by atoms with E-state index in [1.807, 2.05) is 0 Å². The standard InChI is InChI=1S/C21H19NO8S/c1-3-28-21(26)17-13(14-8-5-9-29-14)11-31-19(17)22-16(23)10-30-20(25)12-6-4-7-15(27-2)18(12)24/h4-9,11,24H,3,10H2,1-2H3,(H,22,23). The summed E-state index contributed by atoms with van der Waals surface area (Å²) < 4.78 is 20.4. The van der Waals surface area contributed by atoms with Crippen molar-refractivity contribution in [3.05, 3.63) is 53.1 Å². The molecule has 0 saturated carbocycles. The lowest BCUT2D eigenvalue weighted by molar-refractivity contribution is -0.119. The van der Waals surface area contributed by atoms with E-state index in [1.165, 1.54) is 31.6 Å². The van der Waals surface area contributed by atoms with Gasteiger partial charge in [-0.1, -0.05) is 6.07 Å². The van der Waals surface area contributed by atoms with E-state index in [0.29, 0.717) is 11.3 Å². The average Bonchev–Trinajstić information content (AvgIpc) is 3.42. The highest BCUT2D eigenvalue weighted by atomic mass is 32.1. The number of thiophene rings is 1. The van der Waals surface area contributed by atoms with E-state index >= 15 is 0 Å². The highest BCUT2D eigenvalue weighted by molar-refractivity contribution is 7.15. The summed E-state index contributed by atoms with van der Waals surface area (Å²) in [5.74, 6) is -2.04. The lowest BCUT2D eigenvalue weighted by Crippen LogP contribution is -2.21. The summed E-state index contributed by atoms with van der Waals surface area (Å²) in [6.45, 7) is 1.19. The summed E-state index contributed by atoms with van der Waals surface area (Å²) in [5.41, 5.74) is 0.476. The molecule has 0 unspecified atom stereocenters. The summed E-state index contributed by atoms with van der Waals surface area (Å²) in [6.07, 6.45) is 1.47. The summed E-state index contributed by atoms with van der Waals surface area (Å²) in [5, 5.41) is 14.5. The number of hydrogen-bond acceptors (Lipinski definition) is 9. The predicted molar refractivity (Wildman–Crippen MR) is 112 cm³/mol. The minimum Gasteiger partial charge on any atom is -0.504 e. The number of carbonyl (C=O) groups excluding carboxylic acids is 3. The first-order valence-corrected chi connectivity index (χ1v) is 9.99. The Morgan fingerprint density at radius 1 is 1.13 bits per heavy atom. The fourth-order valence-corrected chi connectivity index (χ4v) is 3.65. The van der Waals surface area contributed by atoms with Gasteiger partial charge >= 0.3 is 11.9 Å². The van der Waals surface area contributed by atoms with Crippen LogP contribution in [0.4, 0.5) is 5.00 Å². The zero-order chi connectivity index (χ0) is 22.4. The number of hydrogen-bond donors (Lipinski definition) is 2. The molecule has 162 valence electrons. The second-order valence-corrected chi connectivity index (χ2v) is 6.91. The normalized spacial score (nSPS) is 10.4. The van der Waals surface area contributed by atoms with Gasteiger partial charge in [0.15, 0.2) is 18.1 Å². The maximum atomic E-state index is 12.4. The van der Waals surface area contributed by atoms with Crippen LogP contribution in [0.25, 0.3) is 11.3 Å². The molecule has 1 aromatic carbocycles. The number of ether oxygens (including phenoxy) is 3. The van der Waals surface area contributed by atoms with Crippen LogP contribution in [0.1, 0.15) is 27.6 Å². The number of phenols is 1. The van der Waals surface area contributed by atoms with Gasteiger partial charge in [-0.2, -0.15) is 0 Å². The van der Waals surface area contributed by atoms with Crippen LogP contribution in [0.5, 0.6) is 11.5 Å². The fraction of sp³-hybridized carbons (Fsp3) is 0.190. The van der Waals surface area contributed by atoms with Gasteiger partial charge in [0.05, 0.1) is 20.0 Å². The molecule has 3 rings (SSSR count). The van der Waals surface area contributed by atoms with Gasteiger partial charge in [0.1, 0.15) is 21.9 Å². The number of furan rings is 1. The highest BCUT2D eigenvalue weighted by Gasteiger charge is 2.24. The van der Waals surface area contributed by atoms with Crippen molar-refractivity contribution in [3.63, 3.8) is 0 Å². The number of anilines is 1. The molecule has 0 atom stereocenters. The van der Waals surface area contributed by atoms with Crippen molar-refractivity contribution in [2.24, 2.45) is 0 Å². The third kappa shape index (κ3) is 4.86. The summed E-state index contributed by atoms with van der Waals surface area (Å²) in [4.78, 5) is 37.0. The summed E-state index contributed by atoms with van der Waals surface area (Å²) >= 11 is 1.11. The molecule has 2 N–H and O–H groups in total. The number of aromatic hydroxyl groups is 1. The number of methoxy groups -OCH3 is 1. The SMILES string of the molecule is CCOC(=O)c1c(-c2ccco2)csc1NC(=O)COC(=O)c1cccc(OC)c1O. The van der Waals surface area contributed by atoms with Crippen LogP contribution >= 0.6 is 11.3 Å². The smallest absolute Gasteiger partial charge is 0.342 e. The van der Waals surface area contributed by atoms with Gasteiger partial charge in [0.25, 0.3) is 5.91 Å². The van der Waals surface area contributed by atoms with E-state index in [4.69, 9.17) is 18.6 Å². The largest absolute Gasteiger partial charge is 0.504 e. The fourth-order valence-electron chi connectivity index (χ4n) is 2.69. The molecule has 0 fully saturated rings. The molecule has 0 bridgehead atoms. The molecule has 0 aliphatic heterocycles. The average molecular weight is 445 g/mol. The van der Waals surface area contributed by atoms with E-state index in [0.717, 1.165) is 11.3 Å². The van der Waals surface area contributed by atoms with Gasteiger partial charge in [0, 0.05) is 10.9 Å². The molecule has 10 heteroatoms. The molecular weight excluding hydrogens is 426 g/mol. The molecule has 0 aliphatic carbocycles. The Balaban J connectivity index is 1.72. The van der Waals surface area contributed by atoms with Gasteiger partial charge in [-0.05, 0) is 31.2 Å². The van der Waals surface area contributed by atoms with Gasteiger partial charge in [-0.15, -0.1) is 11.3 Å². The second kappa shape index (κ2) is 9.81. The Labute approximate surface area is 181 Å². The van der Waals surface area contributed by atoms with E-state index in [9.17, 15) is 19.5 Å². The number of para-hydroxylation sites is 1. The lowest BCUT2D eigenvalue weighted by atomic mass is 10.1. The van der Waals surface area contributed by atoms with E-state index in [1.54, 1.807) is 24.4 Å². The molecule has 0 saturated heterocycles. The molecule has 0 spiro atoms. The minimum absolute atomic E-state index is 0.0991. The van der Waals surface area contributed by atoms with Crippen LogP contribution in [0.3, 0.4) is 0 Å². The Morgan fingerprint density at radius 3 is 2.61 bits per heavy atom. The van der Waals surface area contributed by atoms with Crippen LogP contribution in [0, 0.1) is 0 Å². The first-order chi connectivity index (χ1) is 15.0. The third-order valence-electron chi connectivity index (χ3n) is 4.08. The topological polar surface area (TPSA) is 124 Å². The van der Waals surface area contributed by atoms with E-state index in [-0.39, 0.29) is 34.2 Å². The quantitative estimate of drug-likeness (QED) is 0.503. The zero-order valence-electron chi connectivity index (χ0n) is 16.7. The first kappa shape index (κ1) is 21.9.